The van der Waals surface area contributed by atoms with E-state index in [1.807, 2.05) is 6.92 Å². The molecule has 0 saturated heterocycles. The molecule has 0 bridgehead atoms. The van der Waals surface area contributed by atoms with E-state index in [4.69, 9.17) is 5.73 Å². The SMILES string of the molecule is Cc1ccc(C(=O)Nc2cc(F)c(Br)cc2C)c(N)c1. The van der Waals surface area contributed by atoms with Crippen LogP contribution >= 0.6 is 15.9 Å². The van der Waals surface area contributed by atoms with Crippen molar-refractivity contribution >= 4 is 33.2 Å². The smallest absolute Gasteiger partial charge is 0.257 e. The Morgan fingerprint density at radius 2 is 1.95 bits per heavy atom. The van der Waals surface area contributed by atoms with Crippen molar-refractivity contribution in [3.8, 4) is 0 Å². The second kappa shape index (κ2) is 5.63. The molecule has 0 atom stereocenters. The lowest BCUT2D eigenvalue weighted by Crippen LogP contribution is -2.15. The molecule has 104 valence electrons. The van der Waals surface area contributed by atoms with Crippen LogP contribution in [0.5, 0.6) is 0 Å². The van der Waals surface area contributed by atoms with Crippen molar-refractivity contribution in [2.24, 2.45) is 0 Å². The zero-order valence-corrected chi connectivity index (χ0v) is 12.7. The fourth-order valence-electron chi connectivity index (χ4n) is 1.86. The molecular formula is C15H14BrFN2O. The number of carbonyl (C=O) groups is 1. The summed E-state index contributed by atoms with van der Waals surface area (Å²) in [5.41, 5.74) is 8.76. The highest BCUT2D eigenvalue weighted by atomic mass is 79.9. The van der Waals surface area contributed by atoms with Gasteiger partial charge in [-0.15, -0.1) is 0 Å². The summed E-state index contributed by atoms with van der Waals surface area (Å²) in [4.78, 5) is 12.2. The van der Waals surface area contributed by atoms with Crippen LogP contribution in [0.3, 0.4) is 0 Å². The molecule has 0 aromatic heterocycles. The second-order valence-corrected chi connectivity index (χ2v) is 5.48. The summed E-state index contributed by atoms with van der Waals surface area (Å²) in [6.07, 6.45) is 0. The third-order valence-electron chi connectivity index (χ3n) is 2.97. The number of benzene rings is 2. The summed E-state index contributed by atoms with van der Waals surface area (Å²) >= 11 is 3.10. The first-order valence-electron chi connectivity index (χ1n) is 6.01. The molecule has 0 saturated carbocycles. The number of rotatable bonds is 2. The third kappa shape index (κ3) is 2.99. The van der Waals surface area contributed by atoms with Gasteiger partial charge in [-0.25, -0.2) is 4.39 Å². The predicted octanol–water partition coefficient (Wildman–Crippen LogP) is 4.04. The van der Waals surface area contributed by atoms with Crippen LogP contribution in [-0.2, 0) is 0 Å². The topological polar surface area (TPSA) is 55.1 Å². The number of nitrogen functional groups attached to an aromatic ring is 1. The predicted molar refractivity (Wildman–Crippen MR) is 82.4 cm³/mol. The zero-order valence-electron chi connectivity index (χ0n) is 11.1. The van der Waals surface area contributed by atoms with E-state index in [1.54, 1.807) is 31.2 Å². The minimum Gasteiger partial charge on any atom is -0.398 e. The molecular weight excluding hydrogens is 323 g/mol. The van der Waals surface area contributed by atoms with E-state index in [-0.39, 0.29) is 5.91 Å². The standard InChI is InChI=1S/C15H14BrFN2O/c1-8-3-4-10(13(18)5-8)15(20)19-14-7-12(17)11(16)6-9(14)2/h3-7H,18H2,1-2H3,(H,19,20). The van der Waals surface area contributed by atoms with E-state index >= 15 is 0 Å². The summed E-state index contributed by atoms with van der Waals surface area (Å²) in [6, 6.07) is 8.08. The van der Waals surface area contributed by atoms with Crippen LogP contribution in [0.25, 0.3) is 0 Å². The maximum Gasteiger partial charge on any atom is 0.257 e. The maximum absolute atomic E-state index is 13.5. The van der Waals surface area contributed by atoms with Gasteiger partial charge in [0.1, 0.15) is 5.82 Å². The van der Waals surface area contributed by atoms with Crippen molar-refractivity contribution in [2.75, 3.05) is 11.1 Å². The molecule has 3 nitrogen and oxygen atoms in total. The van der Waals surface area contributed by atoms with Crippen LogP contribution in [0.1, 0.15) is 21.5 Å². The van der Waals surface area contributed by atoms with Gasteiger partial charge in [-0.1, -0.05) is 6.07 Å². The van der Waals surface area contributed by atoms with Gasteiger partial charge in [0.15, 0.2) is 0 Å². The number of hydrogen-bond donors (Lipinski definition) is 2. The Labute approximate surface area is 125 Å². The van der Waals surface area contributed by atoms with E-state index in [1.165, 1.54) is 6.07 Å². The number of anilines is 2. The molecule has 0 aliphatic heterocycles. The fourth-order valence-corrected chi connectivity index (χ4v) is 2.32. The van der Waals surface area contributed by atoms with Crippen LogP contribution in [-0.4, -0.2) is 5.91 Å². The number of hydrogen-bond acceptors (Lipinski definition) is 2. The van der Waals surface area contributed by atoms with Crippen molar-refractivity contribution in [3.05, 3.63) is 57.3 Å². The molecule has 0 spiro atoms. The minimum atomic E-state index is -0.428. The normalized spacial score (nSPS) is 10.4. The number of carbonyl (C=O) groups excluding carboxylic acids is 1. The van der Waals surface area contributed by atoms with Crippen LogP contribution in [0.15, 0.2) is 34.8 Å². The lowest BCUT2D eigenvalue weighted by Gasteiger charge is -2.11. The summed E-state index contributed by atoms with van der Waals surface area (Å²) in [5, 5.41) is 2.68. The molecule has 0 radical (unpaired) electrons. The summed E-state index contributed by atoms with van der Waals surface area (Å²) in [6.45, 7) is 3.69. The average molecular weight is 337 g/mol. The van der Waals surface area contributed by atoms with E-state index in [0.29, 0.717) is 21.4 Å². The second-order valence-electron chi connectivity index (χ2n) is 4.63. The highest BCUT2D eigenvalue weighted by Crippen LogP contribution is 2.25. The molecule has 2 aromatic carbocycles. The van der Waals surface area contributed by atoms with E-state index in [2.05, 4.69) is 21.2 Å². The van der Waals surface area contributed by atoms with Crippen LogP contribution in [0.4, 0.5) is 15.8 Å². The van der Waals surface area contributed by atoms with Gasteiger partial charge in [-0.3, -0.25) is 4.79 Å². The summed E-state index contributed by atoms with van der Waals surface area (Å²) in [5.74, 6) is -0.782. The number of amides is 1. The van der Waals surface area contributed by atoms with Gasteiger partial charge in [0.05, 0.1) is 10.0 Å². The van der Waals surface area contributed by atoms with Gasteiger partial charge in [-0.2, -0.15) is 0 Å². The molecule has 1 amide bonds. The maximum atomic E-state index is 13.5. The summed E-state index contributed by atoms with van der Waals surface area (Å²) < 4.78 is 13.9. The molecule has 2 aromatic rings. The van der Waals surface area contributed by atoms with Crippen LogP contribution in [0.2, 0.25) is 0 Å². The molecule has 0 fully saturated rings. The minimum absolute atomic E-state index is 0.354. The first-order chi connectivity index (χ1) is 9.38. The number of nitrogens with one attached hydrogen (secondary N) is 1. The van der Waals surface area contributed by atoms with Crippen molar-refractivity contribution in [1.29, 1.82) is 0 Å². The molecule has 0 aliphatic carbocycles. The van der Waals surface area contributed by atoms with Gasteiger partial charge < -0.3 is 11.1 Å². The lowest BCUT2D eigenvalue weighted by atomic mass is 10.1. The van der Waals surface area contributed by atoms with E-state index < -0.39 is 5.82 Å². The Morgan fingerprint density at radius 1 is 1.25 bits per heavy atom. The Morgan fingerprint density at radius 3 is 2.60 bits per heavy atom. The van der Waals surface area contributed by atoms with Crippen molar-refractivity contribution in [2.45, 2.75) is 13.8 Å². The Hall–Kier alpha value is -1.88. The molecule has 0 unspecified atom stereocenters. The summed E-state index contributed by atoms with van der Waals surface area (Å²) in [7, 11) is 0. The van der Waals surface area contributed by atoms with Crippen molar-refractivity contribution in [1.82, 2.24) is 0 Å². The quantitative estimate of drug-likeness (QED) is 0.813. The van der Waals surface area contributed by atoms with Gasteiger partial charge in [0.2, 0.25) is 0 Å². The van der Waals surface area contributed by atoms with Crippen LogP contribution in [0, 0.1) is 19.7 Å². The Bertz CT molecular complexity index is 686. The average Bonchev–Trinajstić information content (AvgIpc) is 2.35. The highest BCUT2D eigenvalue weighted by Gasteiger charge is 2.12. The van der Waals surface area contributed by atoms with Crippen LogP contribution < -0.4 is 11.1 Å². The van der Waals surface area contributed by atoms with Gasteiger partial charge in [0, 0.05) is 11.4 Å². The van der Waals surface area contributed by atoms with Crippen molar-refractivity contribution in [3.63, 3.8) is 0 Å². The third-order valence-corrected chi connectivity index (χ3v) is 3.57. The molecule has 2 rings (SSSR count). The van der Waals surface area contributed by atoms with Gasteiger partial charge >= 0.3 is 0 Å². The number of halogens is 2. The van der Waals surface area contributed by atoms with Gasteiger partial charge in [-0.05, 0) is 65.2 Å². The number of aryl methyl sites for hydroxylation is 2. The first kappa shape index (κ1) is 14.5. The lowest BCUT2D eigenvalue weighted by molar-refractivity contribution is 0.102. The van der Waals surface area contributed by atoms with E-state index in [9.17, 15) is 9.18 Å². The molecule has 0 aliphatic rings. The Balaban J connectivity index is 2.30. The molecule has 20 heavy (non-hydrogen) atoms. The Kier molecular flexibility index (Phi) is 4.09. The van der Waals surface area contributed by atoms with Crippen molar-refractivity contribution < 1.29 is 9.18 Å². The van der Waals surface area contributed by atoms with Gasteiger partial charge in [0.25, 0.3) is 5.91 Å². The molecule has 0 heterocycles. The fraction of sp³-hybridized carbons (Fsp3) is 0.133. The first-order valence-corrected chi connectivity index (χ1v) is 6.81. The zero-order chi connectivity index (χ0) is 14.9. The molecule has 3 N–H and O–H groups in total. The molecule has 5 heteroatoms. The largest absolute Gasteiger partial charge is 0.398 e. The number of nitrogens with two attached hydrogens (primary N) is 1. The van der Waals surface area contributed by atoms with E-state index in [0.717, 1.165) is 11.1 Å². The monoisotopic (exact) mass is 336 g/mol. The highest BCUT2D eigenvalue weighted by molar-refractivity contribution is 9.10.